The number of carbonyl (C=O) groups is 1. The molecule has 0 aromatic heterocycles. The van der Waals surface area contributed by atoms with Crippen LogP contribution < -0.4 is 4.90 Å². The Morgan fingerprint density at radius 3 is 2.89 bits per heavy atom. The third-order valence-corrected chi connectivity index (χ3v) is 3.67. The maximum Gasteiger partial charge on any atom is 0.329 e. The SMILES string of the molecule is Cc1ccc(N2CCCC2(C)C(=O)O)c(C#N)c1. The highest BCUT2D eigenvalue weighted by Gasteiger charge is 2.44. The van der Waals surface area contributed by atoms with Gasteiger partial charge in [0.05, 0.1) is 11.3 Å². The third-order valence-electron chi connectivity index (χ3n) is 3.67. The van der Waals surface area contributed by atoms with Crippen molar-refractivity contribution in [3.05, 3.63) is 29.3 Å². The lowest BCUT2D eigenvalue weighted by molar-refractivity contribution is -0.142. The van der Waals surface area contributed by atoms with Gasteiger partial charge >= 0.3 is 5.97 Å². The number of benzene rings is 1. The second-order valence-corrected chi connectivity index (χ2v) is 4.97. The van der Waals surface area contributed by atoms with Crippen LogP contribution in [-0.4, -0.2) is 23.2 Å². The highest BCUT2D eigenvalue weighted by atomic mass is 16.4. The van der Waals surface area contributed by atoms with Gasteiger partial charge in [-0.1, -0.05) is 6.07 Å². The number of nitrogens with zero attached hydrogens (tertiary/aromatic N) is 2. The Morgan fingerprint density at radius 1 is 1.56 bits per heavy atom. The molecule has 1 unspecified atom stereocenters. The molecule has 4 heteroatoms. The van der Waals surface area contributed by atoms with Crippen molar-refractivity contribution in [1.82, 2.24) is 0 Å². The second-order valence-electron chi connectivity index (χ2n) is 4.97. The van der Waals surface area contributed by atoms with Gasteiger partial charge in [0.25, 0.3) is 0 Å². The Balaban J connectivity index is 2.49. The number of hydrogen-bond donors (Lipinski definition) is 1. The monoisotopic (exact) mass is 244 g/mol. The van der Waals surface area contributed by atoms with Crippen LogP contribution in [0.3, 0.4) is 0 Å². The molecule has 1 fully saturated rings. The van der Waals surface area contributed by atoms with Crippen LogP contribution in [0.1, 0.15) is 30.9 Å². The van der Waals surface area contributed by atoms with E-state index in [4.69, 9.17) is 0 Å². The lowest BCUT2D eigenvalue weighted by Gasteiger charge is -2.33. The predicted octanol–water partition coefficient (Wildman–Crippen LogP) is 2.31. The second kappa shape index (κ2) is 4.34. The number of aryl methyl sites for hydroxylation is 1. The van der Waals surface area contributed by atoms with Gasteiger partial charge in [0.1, 0.15) is 11.6 Å². The Morgan fingerprint density at radius 2 is 2.28 bits per heavy atom. The molecule has 4 nitrogen and oxygen atoms in total. The van der Waals surface area contributed by atoms with Crippen molar-refractivity contribution >= 4 is 11.7 Å². The van der Waals surface area contributed by atoms with E-state index in [2.05, 4.69) is 6.07 Å². The van der Waals surface area contributed by atoms with Crippen molar-refractivity contribution in [2.75, 3.05) is 11.4 Å². The van der Waals surface area contributed by atoms with E-state index in [1.165, 1.54) is 0 Å². The number of anilines is 1. The fraction of sp³-hybridized carbons (Fsp3) is 0.429. The summed E-state index contributed by atoms with van der Waals surface area (Å²) in [7, 11) is 0. The van der Waals surface area contributed by atoms with E-state index in [-0.39, 0.29) is 0 Å². The number of rotatable bonds is 2. The zero-order chi connectivity index (χ0) is 13.3. The number of hydrogen-bond acceptors (Lipinski definition) is 3. The van der Waals surface area contributed by atoms with Gasteiger partial charge in [-0.05, 0) is 44.4 Å². The highest BCUT2D eigenvalue weighted by Crippen LogP contribution is 2.36. The molecule has 0 amide bonds. The van der Waals surface area contributed by atoms with Gasteiger partial charge in [0, 0.05) is 6.54 Å². The Bertz CT molecular complexity index is 533. The average Bonchev–Trinajstić information content (AvgIpc) is 2.72. The summed E-state index contributed by atoms with van der Waals surface area (Å²) in [6.07, 6.45) is 1.45. The molecule has 0 radical (unpaired) electrons. The van der Waals surface area contributed by atoms with Crippen molar-refractivity contribution in [3.8, 4) is 6.07 Å². The zero-order valence-corrected chi connectivity index (χ0v) is 10.6. The summed E-state index contributed by atoms with van der Waals surface area (Å²) in [5, 5.41) is 18.6. The summed E-state index contributed by atoms with van der Waals surface area (Å²) in [5.74, 6) is -0.829. The van der Waals surface area contributed by atoms with Crippen molar-refractivity contribution in [1.29, 1.82) is 5.26 Å². The van der Waals surface area contributed by atoms with Crippen LogP contribution in [0.2, 0.25) is 0 Å². The van der Waals surface area contributed by atoms with Gasteiger partial charge in [-0.2, -0.15) is 5.26 Å². The van der Waals surface area contributed by atoms with E-state index >= 15 is 0 Å². The zero-order valence-electron chi connectivity index (χ0n) is 10.6. The van der Waals surface area contributed by atoms with E-state index in [1.54, 1.807) is 13.0 Å². The molecule has 94 valence electrons. The molecular weight excluding hydrogens is 228 g/mol. The summed E-state index contributed by atoms with van der Waals surface area (Å²) in [5.41, 5.74) is 1.38. The van der Waals surface area contributed by atoms with Gasteiger partial charge < -0.3 is 10.0 Å². The lowest BCUT2D eigenvalue weighted by Crippen LogP contribution is -2.48. The van der Waals surface area contributed by atoms with Crippen molar-refractivity contribution < 1.29 is 9.90 Å². The number of aliphatic carboxylic acids is 1. The van der Waals surface area contributed by atoms with E-state index in [9.17, 15) is 15.2 Å². The highest BCUT2D eigenvalue weighted by molar-refractivity contribution is 5.85. The molecular formula is C14H16N2O2. The number of nitriles is 1. The molecule has 1 N–H and O–H groups in total. The van der Waals surface area contributed by atoms with Crippen LogP contribution >= 0.6 is 0 Å². The van der Waals surface area contributed by atoms with Gasteiger partial charge in [-0.25, -0.2) is 4.79 Å². The van der Waals surface area contributed by atoms with Crippen LogP contribution in [0.25, 0.3) is 0 Å². The van der Waals surface area contributed by atoms with E-state index in [1.807, 2.05) is 24.0 Å². The minimum absolute atomic E-state index is 0.546. The van der Waals surface area contributed by atoms with Crippen LogP contribution in [0, 0.1) is 18.3 Å². The minimum Gasteiger partial charge on any atom is -0.480 e. The molecule has 1 aromatic carbocycles. The van der Waals surface area contributed by atoms with Crippen LogP contribution in [0.15, 0.2) is 18.2 Å². The van der Waals surface area contributed by atoms with Crippen LogP contribution in [-0.2, 0) is 4.79 Å². The molecule has 1 heterocycles. The van der Waals surface area contributed by atoms with Crippen LogP contribution in [0.5, 0.6) is 0 Å². The molecule has 1 aromatic rings. The first-order valence-corrected chi connectivity index (χ1v) is 6.01. The largest absolute Gasteiger partial charge is 0.480 e. The fourth-order valence-corrected chi connectivity index (χ4v) is 2.55. The fourth-order valence-electron chi connectivity index (χ4n) is 2.55. The summed E-state index contributed by atoms with van der Waals surface area (Å²) >= 11 is 0. The molecule has 18 heavy (non-hydrogen) atoms. The summed E-state index contributed by atoms with van der Waals surface area (Å²) in [6, 6.07) is 7.72. The standard InChI is InChI=1S/C14H16N2O2/c1-10-4-5-12(11(8-10)9-15)16-7-3-6-14(16,2)13(17)18/h4-5,8H,3,6-7H2,1-2H3,(H,17,18). The summed E-state index contributed by atoms with van der Waals surface area (Å²) < 4.78 is 0. The molecule has 1 atom stereocenters. The third kappa shape index (κ3) is 1.82. The molecule has 0 saturated carbocycles. The van der Waals surface area contributed by atoms with Gasteiger partial charge in [-0.3, -0.25) is 0 Å². The van der Waals surface area contributed by atoms with Gasteiger partial charge in [0.2, 0.25) is 0 Å². The van der Waals surface area contributed by atoms with E-state index in [0.29, 0.717) is 18.5 Å². The Labute approximate surface area is 106 Å². The van der Waals surface area contributed by atoms with Crippen molar-refractivity contribution in [3.63, 3.8) is 0 Å². The molecule has 0 aliphatic carbocycles. The topological polar surface area (TPSA) is 64.3 Å². The smallest absolute Gasteiger partial charge is 0.329 e. The Kier molecular flexibility index (Phi) is 3.00. The number of carboxylic acids is 1. The molecule has 0 spiro atoms. The quantitative estimate of drug-likeness (QED) is 0.867. The molecule has 0 bridgehead atoms. The minimum atomic E-state index is -0.902. The normalized spacial score (nSPS) is 22.8. The van der Waals surface area contributed by atoms with Crippen molar-refractivity contribution in [2.45, 2.75) is 32.2 Å². The molecule has 2 rings (SSSR count). The predicted molar refractivity (Wildman–Crippen MR) is 68.5 cm³/mol. The maximum atomic E-state index is 11.4. The van der Waals surface area contributed by atoms with Crippen molar-refractivity contribution in [2.24, 2.45) is 0 Å². The van der Waals surface area contributed by atoms with Crippen LogP contribution in [0.4, 0.5) is 5.69 Å². The molecule has 1 aliphatic heterocycles. The summed E-state index contributed by atoms with van der Waals surface area (Å²) in [4.78, 5) is 13.3. The lowest BCUT2D eigenvalue weighted by atomic mass is 9.97. The first kappa shape index (κ1) is 12.4. The van der Waals surface area contributed by atoms with E-state index < -0.39 is 11.5 Å². The first-order chi connectivity index (χ1) is 8.49. The van der Waals surface area contributed by atoms with E-state index in [0.717, 1.165) is 17.7 Å². The van der Waals surface area contributed by atoms with Gasteiger partial charge in [-0.15, -0.1) is 0 Å². The number of carboxylic acid groups (broad SMARTS) is 1. The molecule has 1 aliphatic rings. The first-order valence-electron chi connectivity index (χ1n) is 6.01. The maximum absolute atomic E-state index is 11.4. The van der Waals surface area contributed by atoms with Gasteiger partial charge in [0.15, 0.2) is 0 Å². The summed E-state index contributed by atoms with van der Waals surface area (Å²) in [6.45, 7) is 4.33. The average molecular weight is 244 g/mol. The Hall–Kier alpha value is -2.02. The molecule has 1 saturated heterocycles.